The molecule has 3 aromatic rings. The zero-order valence-electron chi connectivity index (χ0n) is 18.4. The number of nitrogens with zero attached hydrogens (tertiary/aromatic N) is 2. The smallest absolute Gasteiger partial charge is 0.280 e. The number of thiazole rings is 1. The highest BCUT2D eigenvalue weighted by Gasteiger charge is 2.36. The standard InChI is InChI=1S/C22H24FN5O4S2/c1-28-6-4-16-19(10-28)33-22(27-16)21(30)26-18-11-34(31,32)7-5-15(18)25-20(29)17-9-12-8-13(23)2-3-14(12)24-17/h2-3,8-9,15,18,24H,4-7,10-11H2,1H3,(H,25,29)(H,26,30)/t15-,18+/m1/s1. The molecular formula is C22H24FN5O4S2. The molecule has 5 rings (SSSR count). The first-order chi connectivity index (χ1) is 16.2. The van der Waals surface area contributed by atoms with E-state index in [-0.39, 0.29) is 23.6 Å². The molecule has 0 spiro atoms. The fraction of sp³-hybridized carbons (Fsp3) is 0.409. The van der Waals surface area contributed by atoms with Gasteiger partial charge in [0.05, 0.1) is 29.3 Å². The van der Waals surface area contributed by atoms with Gasteiger partial charge in [0.1, 0.15) is 11.5 Å². The first-order valence-electron chi connectivity index (χ1n) is 10.9. The number of amides is 2. The zero-order valence-corrected chi connectivity index (χ0v) is 20.1. The minimum Gasteiger partial charge on any atom is -0.351 e. The molecule has 1 aromatic carbocycles. The van der Waals surface area contributed by atoms with Crippen LogP contribution in [0, 0.1) is 5.82 Å². The molecule has 1 fully saturated rings. The van der Waals surface area contributed by atoms with E-state index in [1.54, 1.807) is 6.07 Å². The van der Waals surface area contributed by atoms with Gasteiger partial charge in [-0.1, -0.05) is 0 Å². The molecule has 34 heavy (non-hydrogen) atoms. The van der Waals surface area contributed by atoms with E-state index in [1.807, 2.05) is 7.05 Å². The summed E-state index contributed by atoms with van der Waals surface area (Å²) in [5, 5.41) is 6.49. The quantitative estimate of drug-likeness (QED) is 0.493. The van der Waals surface area contributed by atoms with Crippen molar-refractivity contribution >= 4 is 43.9 Å². The number of hydrogen-bond acceptors (Lipinski definition) is 7. The van der Waals surface area contributed by atoms with Gasteiger partial charge in [-0.05, 0) is 37.7 Å². The van der Waals surface area contributed by atoms with Crippen LogP contribution in [0.2, 0.25) is 0 Å². The van der Waals surface area contributed by atoms with Crippen LogP contribution in [0.4, 0.5) is 4.39 Å². The fourth-order valence-electron chi connectivity index (χ4n) is 4.42. The number of nitrogens with one attached hydrogen (secondary N) is 3. The summed E-state index contributed by atoms with van der Waals surface area (Å²) < 4.78 is 38.1. The molecule has 0 aliphatic carbocycles. The third-order valence-corrected chi connectivity index (χ3v) is 9.04. The van der Waals surface area contributed by atoms with E-state index in [2.05, 4.69) is 25.5 Å². The van der Waals surface area contributed by atoms with Crippen LogP contribution in [0.5, 0.6) is 0 Å². The van der Waals surface area contributed by atoms with Gasteiger partial charge in [-0.15, -0.1) is 11.3 Å². The van der Waals surface area contributed by atoms with Crippen molar-refractivity contribution in [3.63, 3.8) is 0 Å². The molecule has 9 nitrogen and oxygen atoms in total. The van der Waals surface area contributed by atoms with Crippen molar-refractivity contribution in [1.82, 2.24) is 25.5 Å². The first kappa shape index (κ1) is 22.9. The Labute approximate surface area is 199 Å². The van der Waals surface area contributed by atoms with Crippen molar-refractivity contribution in [2.45, 2.75) is 31.5 Å². The molecule has 0 unspecified atom stereocenters. The Hall–Kier alpha value is -2.83. The maximum atomic E-state index is 13.5. The van der Waals surface area contributed by atoms with Gasteiger partial charge in [0, 0.05) is 35.3 Å². The molecule has 0 saturated carbocycles. The molecule has 2 aliphatic rings. The maximum Gasteiger partial charge on any atom is 0.280 e. The molecule has 4 heterocycles. The number of rotatable bonds is 4. The summed E-state index contributed by atoms with van der Waals surface area (Å²) in [6, 6.07) is 4.34. The predicted molar refractivity (Wildman–Crippen MR) is 126 cm³/mol. The van der Waals surface area contributed by atoms with Crippen LogP contribution in [0.3, 0.4) is 0 Å². The number of halogens is 1. The number of aromatic nitrogens is 2. The van der Waals surface area contributed by atoms with Crippen molar-refractivity contribution in [2.75, 3.05) is 25.1 Å². The molecule has 180 valence electrons. The van der Waals surface area contributed by atoms with Crippen molar-refractivity contribution in [3.8, 4) is 0 Å². The summed E-state index contributed by atoms with van der Waals surface area (Å²) in [7, 11) is -1.36. The highest BCUT2D eigenvalue weighted by molar-refractivity contribution is 7.91. The van der Waals surface area contributed by atoms with E-state index < -0.39 is 39.6 Å². The molecule has 2 aliphatic heterocycles. The summed E-state index contributed by atoms with van der Waals surface area (Å²) in [6.45, 7) is 1.60. The Morgan fingerprint density at radius 3 is 2.82 bits per heavy atom. The third kappa shape index (κ3) is 4.70. The van der Waals surface area contributed by atoms with Gasteiger partial charge in [0.15, 0.2) is 14.8 Å². The van der Waals surface area contributed by atoms with Crippen LogP contribution in [0.1, 0.15) is 37.3 Å². The third-order valence-electron chi connectivity index (χ3n) is 6.24. The Balaban J connectivity index is 1.32. The number of fused-ring (bicyclic) bond motifs is 2. The summed E-state index contributed by atoms with van der Waals surface area (Å²) in [5.74, 6) is -1.65. The van der Waals surface area contributed by atoms with Crippen molar-refractivity contribution < 1.29 is 22.4 Å². The summed E-state index contributed by atoms with van der Waals surface area (Å²) in [6.07, 6.45) is 0.938. The monoisotopic (exact) mass is 505 g/mol. The number of benzene rings is 1. The Kier molecular flexibility index (Phi) is 5.90. The second kappa shape index (κ2) is 8.75. The lowest BCUT2D eigenvalue weighted by Crippen LogP contribution is -2.58. The van der Waals surface area contributed by atoms with Crippen LogP contribution < -0.4 is 10.6 Å². The number of aromatic amines is 1. The summed E-state index contributed by atoms with van der Waals surface area (Å²) in [5.41, 5.74) is 1.75. The average Bonchev–Trinajstić information content (AvgIpc) is 3.38. The minimum atomic E-state index is -3.37. The van der Waals surface area contributed by atoms with Crippen molar-refractivity contribution in [2.24, 2.45) is 0 Å². The molecular weight excluding hydrogens is 481 g/mol. The number of likely N-dealkylation sites (N-methyl/N-ethyl adjacent to an activating group) is 1. The zero-order chi connectivity index (χ0) is 24.0. The fourth-order valence-corrected chi connectivity index (χ4v) is 7.15. The van der Waals surface area contributed by atoms with Gasteiger partial charge in [-0.3, -0.25) is 9.59 Å². The van der Waals surface area contributed by atoms with E-state index in [0.717, 1.165) is 30.1 Å². The van der Waals surface area contributed by atoms with Gasteiger partial charge in [0.25, 0.3) is 11.8 Å². The molecule has 12 heteroatoms. The molecule has 3 N–H and O–H groups in total. The topological polar surface area (TPSA) is 124 Å². The van der Waals surface area contributed by atoms with Crippen LogP contribution >= 0.6 is 11.3 Å². The number of H-pyrrole nitrogens is 1. The second-order valence-electron chi connectivity index (χ2n) is 8.85. The highest BCUT2D eigenvalue weighted by atomic mass is 32.2. The molecule has 2 aromatic heterocycles. The lowest BCUT2D eigenvalue weighted by atomic mass is 10.1. The van der Waals surface area contributed by atoms with E-state index in [1.165, 1.54) is 29.5 Å². The van der Waals surface area contributed by atoms with Gasteiger partial charge >= 0.3 is 0 Å². The van der Waals surface area contributed by atoms with Crippen LogP contribution in [-0.2, 0) is 22.8 Å². The van der Waals surface area contributed by atoms with Crippen LogP contribution in [-0.4, -0.2) is 72.3 Å². The first-order valence-corrected chi connectivity index (χ1v) is 13.6. The van der Waals surface area contributed by atoms with Gasteiger partial charge in [0.2, 0.25) is 0 Å². The molecule has 2 atom stereocenters. The van der Waals surface area contributed by atoms with Crippen LogP contribution in [0.25, 0.3) is 10.9 Å². The second-order valence-corrected chi connectivity index (χ2v) is 12.2. The SMILES string of the molecule is CN1CCc2nc(C(=O)N[C@H]3CS(=O)(=O)CC[C@H]3NC(=O)c3cc4cc(F)ccc4[nH]3)sc2C1. The van der Waals surface area contributed by atoms with Gasteiger partial charge in [-0.25, -0.2) is 17.8 Å². The van der Waals surface area contributed by atoms with Crippen molar-refractivity contribution in [1.29, 1.82) is 0 Å². The lowest BCUT2D eigenvalue weighted by Gasteiger charge is -2.32. The molecule has 1 saturated heterocycles. The van der Waals surface area contributed by atoms with E-state index in [9.17, 15) is 22.4 Å². The van der Waals surface area contributed by atoms with Gasteiger partial charge < -0.3 is 20.5 Å². The number of hydrogen-bond donors (Lipinski definition) is 3. The minimum absolute atomic E-state index is 0.0832. The predicted octanol–water partition coefficient (Wildman–Crippen LogP) is 1.47. The molecule has 0 bridgehead atoms. The van der Waals surface area contributed by atoms with E-state index in [0.29, 0.717) is 15.9 Å². The summed E-state index contributed by atoms with van der Waals surface area (Å²) in [4.78, 5) is 36.4. The average molecular weight is 506 g/mol. The van der Waals surface area contributed by atoms with Crippen molar-refractivity contribution in [3.05, 3.63) is 51.4 Å². The number of carbonyl (C=O) groups excluding carboxylic acids is 2. The molecule has 2 amide bonds. The maximum absolute atomic E-state index is 13.5. The van der Waals surface area contributed by atoms with E-state index >= 15 is 0 Å². The largest absolute Gasteiger partial charge is 0.351 e. The Morgan fingerprint density at radius 1 is 1.21 bits per heavy atom. The highest BCUT2D eigenvalue weighted by Crippen LogP contribution is 2.25. The number of carbonyl (C=O) groups is 2. The Morgan fingerprint density at radius 2 is 2.00 bits per heavy atom. The lowest BCUT2D eigenvalue weighted by molar-refractivity contribution is 0.0882. The summed E-state index contributed by atoms with van der Waals surface area (Å²) >= 11 is 1.31. The normalized spacial score (nSPS) is 22.3. The van der Waals surface area contributed by atoms with Crippen LogP contribution in [0.15, 0.2) is 24.3 Å². The van der Waals surface area contributed by atoms with E-state index in [4.69, 9.17) is 0 Å². The molecule has 0 radical (unpaired) electrons. The Bertz CT molecular complexity index is 1380. The van der Waals surface area contributed by atoms with Gasteiger partial charge in [-0.2, -0.15) is 0 Å². The number of sulfone groups is 1.